The van der Waals surface area contributed by atoms with Gasteiger partial charge in [-0.3, -0.25) is 19.2 Å². The Morgan fingerprint density at radius 1 is 0.975 bits per heavy atom. The first-order valence-electron chi connectivity index (χ1n) is 12.7. The molecule has 10 heteroatoms. The van der Waals surface area contributed by atoms with E-state index in [2.05, 4.69) is 10.3 Å². The van der Waals surface area contributed by atoms with Crippen molar-refractivity contribution in [3.05, 3.63) is 104 Å². The van der Waals surface area contributed by atoms with Gasteiger partial charge in [0.2, 0.25) is 11.8 Å². The minimum absolute atomic E-state index is 0.203. The number of nitrogens with zero attached hydrogens (tertiary/aromatic N) is 1. The smallest absolute Gasteiger partial charge is 0.305 e. The average Bonchev–Trinajstić information content (AvgIpc) is 3.43. The molecule has 2 aliphatic rings. The normalized spacial score (nSPS) is 19.8. The number of aryl methyl sites for hydroxylation is 2. The predicted molar refractivity (Wildman–Crippen MR) is 155 cm³/mol. The second-order valence-corrected chi connectivity index (χ2v) is 12.0. The van der Waals surface area contributed by atoms with Crippen LogP contribution in [0.2, 0.25) is 0 Å². The lowest BCUT2D eigenvalue weighted by Gasteiger charge is -2.30. The summed E-state index contributed by atoms with van der Waals surface area (Å²) in [5.41, 5.74) is 3.95. The Kier molecular flexibility index (Phi) is 6.81. The predicted octanol–water partition coefficient (Wildman–Crippen LogP) is 4.87. The Hall–Kier alpha value is -4.15. The fourth-order valence-electron chi connectivity index (χ4n) is 5.17. The molecule has 1 fully saturated rings. The van der Waals surface area contributed by atoms with E-state index < -0.39 is 17.1 Å². The number of ether oxygens (including phenoxy) is 1. The van der Waals surface area contributed by atoms with Gasteiger partial charge in [0.05, 0.1) is 16.6 Å². The summed E-state index contributed by atoms with van der Waals surface area (Å²) in [6.45, 7) is 3.65. The van der Waals surface area contributed by atoms with Crippen molar-refractivity contribution in [2.45, 2.75) is 30.0 Å². The van der Waals surface area contributed by atoms with Crippen LogP contribution in [0.15, 0.2) is 82.6 Å². The van der Waals surface area contributed by atoms with Crippen molar-refractivity contribution in [2.75, 3.05) is 16.8 Å². The van der Waals surface area contributed by atoms with E-state index in [1.165, 1.54) is 16.7 Å². The van der Waals surface area contributed by atoms with Crippen molar-refractivity contribution in [3.63, 3.8) is 0 Å². The van der Waals surface area contributed by atoms with Gasteiger partial charge >= 0.3 is 4.87 Å². The maximum atomic E-state index is 13.9. The van der Waals surface area contributed by atoms with Crippen LogP contribution in [0.3, 0.4) is 0 Å². The molecule has 4 aromatic rings. The third-order valence-corrected chi connectivity index (χ3v) is 9.52. The Labute approximate surface area is 238 Å². The van der Waals surface area contributed by atoms with Crippen molar-refractivity contribution in [1.82, 2.24) is 4.98 Å². The monoisotopic (exact) mass is 571 g/mol. The van der Waals surface area contributed by atoms with Gasteiger partial charge in [0.1, 0.15) is 11.0 Å². The second kappa shape index (κ2) is 10.4. The molecule has 0 bridgehead atoms. The summed E-state index contributed by atoms with van der Waals surface area (Å²) in [7, 11) is 0. The van der Waals surface area contributed by atoms with Gasteiger partial charge in [-0.05, 0) is 55.3 Å². The van der Waals surface area contributed by atoms with E-state index in [4.69, 9.17) is 4.74 Å². The van der Waals surface area contributed by atoms with Crippen molar-refractivity contribution in [2.24, 2.45) is 5.92 Å². The molecular formula is C30H25N3O5S2. The van der Waals surface area contributed by atoms with Crippen LogP contribution in [0.5, 0.6) is 5.75 Å². The van der Waals surface area contributed by atoms with Crippen LogP contribution in [0.25, 0.3) is 0 Å². The molecule has 40 heavy (non-hydrogen) atoms. The molecule has 1 saturated heterocycles. The summed E-state index contributed by atoms with van der Waals surface area (Å²) < 4.78 is 5.82. The number of nitrogens with one attached hydrogen (secondary N) is 2. The van der Waals surface area contributed by atoms with Crippen molar-refractivity contribution in [1.29, 1.82) is 0 Å². The molecule has 6 rings (SSSR count). The van der Waals surface area contributed by atoms with E-state index >= 15 is 0 Å². The summed E-state index contributed by atoms with van der Waals surface area (Å²) in [6, 6.07) is 21.9. The van der Waals surface area contributed by atoms with Gasteiger partial charge in [0.15, 0.2) is 6.61 Å². The van der Waals surface area contributed by atoms with Gasteiger partial charge in [0, 0.05) is 16.5 Å². The quantitative estimate of drug-likeness (QED) is 0.320. The SMILES string of the molecule is Cc1ccc(N2C(=O)C3Sc4[nH]c(=O)sc4[C@H](c4cccc(OCC(=O)Nc5ccccc5C)c4)C3C2=O)cc1. The minimum Gasteiger partial charge on any atom is -0.484 e. The summed E-state index contributed by atoms with van der Waals surface area (Å²) in [6.07, 6.45) is 0. The molecule has 2 aliphatic heterocycles. The number of aromatic amines is 1. The fourth-order valence-corrected chi connectivity index (χ4v) is 7.69. The molecule has 1 aromatic heterocycles. The maximum Gasteiger partial charge on any atom is 0.305 e. The summed E-state index contributed by atoms with van der Waals surface area (Å²) in [5.74, 6) is -1.67. The van der Waals surface area contributed by atoms with Crippen molar-refractivity contribution in [3.8, 4) is 5.75 Å². The fraction of sp³-hybridized carbons (Fsp3) is 0.200. The van der Waals surface area contributed by atoms with Crippen molar-refractivity contribution >= 4 is 52.2 Å². The number of hydrogen-bond donors (Lipinski definition) is 2. The highest BCUT2D eigenvalue weighted by Gasteiger charge is 2.56. The lowest BCUT2D eigenvalue weighted by atomic mass is 9.83. The molecule has 8 nitrogen and oxygen atoms in total. The second-order valence-electron chi connectivity index (χ2n) is 9.82. The molecule has 3 atom stereocenters. The Morgan fingerprint density at radius 2 is 1.75 bits per heavy atom. The van der Waals surface area contributed by atoms with Gasteiger partial charge in [-0.25, -0.2) is 4.90 Å². The Bertz CT molecular complexity index is 1690. The number of carbonyl (C=O) groups excluding carboxylic acids is 3. The maximum absolute atomic E-state index is 13.9. The van der Waals surface area contributed by atoms with Gasteiger partial charge in [-0.15, -0.1) is 0 Å². The number of amides is 3. The lowest BCUT2D eigenvalue weighted by molar-refractivity contribution is -0.122. The van der Waals surface area contributed by atoms with Crippen LogP contribution >= 0.6 is 23.1 Å². The van der Waals surface area contributed by atoms with E-state index in [1.807, 2.05) is 56.3 Å². The number of rotatable bonds is 6. The third-order valence-electron chi connectivity index (χ3n) is 7.12. The number of anilines is 2. The topological polar surface area (TPSA) is 109 Å². The Balaban J connectivity index is 1.29. The molecule has 0 radical (unpaired) electrons. The number of H-pyrrole nitrogens is 1. The van der Waals surface area contributed by atoms with Gasteiger partial charge < -0.3 is 15.0 Å². The number of aromatic nitrogens is 1. The molecule has 0 aliphatic carbocycles. The number of benzene rings is 3. The van der Waals surface area contributed by atoms with Gasteiger partial charge in [-0.1, -0.05) is 71.1 Å². The molecule has 3 amide bonds. The van der Waals surface area contributed by atoms with Crippen LogP contribution in [0.1, 0.15) is 27.5 Å². The highest BCUT2D eigenvalue weighted by molar-refractivity contribution is 8.00. The highest BCUT2D eigenvalue weighted by atomic mass is 32.2. The molecule has 0 spiro atoms. The zero-order chi connectivity index (χ0) is 28.0. The molecule has 3 heterocycles. The molecule has 2 unspecified atom stereocenters. The molecule has 3 aromatic carbocycles. The molecule has 0 saturated carbocycles. The van der Waals surface area contributed by atoms with E-state index in [1.54, 1.807) is 30.3 Å². The third kappa shape index (κ3) is 4.73. The number of hydrogen-bond acceptors (Lipinski definition) is 7. The molecule has 2 N–H and O–H groups in total. The van der Waals surface area contributed by atoms with Crippen molar-refractivity contribution < 1.29 is 19.1 Å². The van der Waals surface area contributed by atoms with Gasteiger partial charge in [-0.2, -0.15) is 0 Å². The van der Waals surface area contributed by atoms with Crippen LogP contribution in [0, 0.1) is 19.8 Å². The zero-order valence-corrected chi connectivity index (χ0v) is 23.3. The summed E-state index contributed by atoms with van der Waals surface area (Å²) in [5, 5.41) is 2.78. The number of thiazole rings is 1. The van der Waals surface area contributed by atoms with Crippen LogP contribution in [-0.4, -0.2) is 34.6 Å². The van der Waals surface area contributed by atoms with Crippen LogP contribution < -0.4 is 19.8 Å². The number of carbonyl (C=O) groups is 3. The first kappa shape index (κ1) is 26.1. The number of para-hydroxylation sites is 1. The standard InChI is InChI=1S/C30H25N3O5S2/c1-16-10-12-19(13-11-16)33-28(35)24-23(25-27(32-30(37)40-25)39-26(24)29(33)36)18-7-5-8-20(14-18)38-15-22(34)31-21-9-4-3-6-17(21)2/h3-14,23-24,26H,15H2,1-2H3,(H,31,34)(H,32,37)/t23-,24?,26?/m1/s1. The zero-order valence-electron chi connectivity index (χ0n) is 21.7. The van der Waals surface area contributed by atoms with E-state index in [0.717, 1.165) is 32.9 Å². The first-order chi connectivity index (χ1) is 19.3. The van der Waals surface area contributed by atoms with E-state index in [-0.39, 0.29) is 29.2 Å². The lowest BCUT2D eigenvalue weighted by Crippen LogP contribution is -2.32. The Morgan fingerprint density at radius 3 is 2.52 bits per heavy atom. The van der Waals surface area contributed by atoms with E-state index in [9.17, 15) is 19.2 Å². The largest absolute Gasteiger partial charge is 0.484 e. The number of imide groups is 1. The molecular weight excluding hydrogens is 546 g/mol. The summed E-state index contributed by atoms with van der Waals surface area (Å²) >= 11 is 2.29. The molecule has 202 valence electrons. The van der Waals surface area contributed by atoms with Crippen LogP contribution in [-0.2, 0) is 14.4 Å². The number of fused-ring (bicyclic) bond motifs is 2. The number of thioether (sulfide) groups is 1. The highest BCUT2D eigenvalue weighted by Crippen LogP contribution is 2.53. The van der Waals surface area contributed by atoms with E-state index in [0.29, 0.717) is 22.2 Å². The first-order valence-corrected chi connectivity index (χ1v) is 14.4. The van der Waals surface area contributed by atoms with Gasteiger partial charge in [0.25, 0.3) is 5.91 Å². The minimum atomic E-state index is -0.697. The summed E-state index contributed by atoms with van der Waals surface area (Å²) in [4.78, 5) is 56.9. The van der Waals surface area contributed by atoms with Crippen LogP contribution in [0.4, 0.5) is 11.4 Å². The average molecular weight is 572 g/mol.